The van der Waals surface area contributed by atoms with E-state index in [0.717, 1.165) is 28.0 Å². The van der Waals surface area contributed by atoms with Crippen molar-refractivity contribution in [1.29, 1.82) is 0 Å². The molecule has 26 heavy (non-hydrogen) atoms. The second kappa shape index (κ2) is 9.62. The van der Waals surface area contributed by atoms with Gasteiger partial charge < -0.3 is 10.6 Å². The third kappa shape index (κ3) is 5.24. The van der Waals surface area contributed by atoms with Gasteiger partial charge in [-0.3, -0.25) is 9.56 Å². The van der Waals surface area contributed by atoms with Gasteiger partial charge in [0, 0.05) is 37.1 Å². The Labute approximate surface area is 174 Å². The molecule has 3 aromatic heterocycles. The second-order valence-corrected chi connectivity index (χ2v) is 6.81. The number of aliphatic imine (C=N–C) groups is 1. The maximum absolute atomic E-state index is 4.52. The average molecular weight is 483 g/mol. The van der Waals surface area contributed by atoms with Gasteiger partial charge in [0.2, 0.25) is 0 Å². The Morgan fingerprint density at radius 2 is 2.04 bits per heavy atom. The predicted molar refractivity (Wildman–Crippen MR) is 115 cm³/mol. The molecule has 0 aliphatic carbocycles. The van der Waals surface area contributed by atoms with E-state index in [-0.39, 0.29) is 24.0 Å². The molecule has 3 rings (SSSR count). The van der Waals surface area contributed by atoms with E-state index in [1.54, 1.807) is 30.9 Å². The Morgan fingerprint density at radius 1 is 1.23 bits per heavy atom. The molecule has 0 aliphatic rings. The number of imidazole rings is 1. The van der Waals surface area contributed by atoms with Gasteiger partial charge in [0.25, 0.3) is 0 Å². The molecule has 0 unspecified atom stereocenters. The summed E-state index contributed by atoms with van der Waals surface area (Å²) >= 11 is 1.71. The minimum Gasteiger partial charge on any atom is -0.352 e. The fourth-order valence-electron chi connectivity index (χ4n) is 2.25. The fraction of sp³-hybridized carbons (Fsp3) is 0.294. The Bertz CT molecular complexity index is 821. The standard InChI is InChI=1S/C17H21N7S.HI/c1-12-13(2)25-16(23-12)10-22-17(18-3)21-9-14-4-5-15(20-8-14)24-7-6-19-11-24;/h4-8,11H,9-10H2,1-3H3,(H2,18,21,22);1H. The lowest BCUT2D eigenvalue weighted by Crippen LogP contribution is -2.36. The molecule has 0 aliphatic heterocycles. The molecule has 9 heteroatoms. The van der Waals surface area contributed by atoms with Crippen LogP contribution in [0, 0.1) is 13.8 Å². The van der Waals surface area contributed by atoms with Crippen LogP contribution in [0.2, 0.25) is 0 Å². The molecule has 0 aromatic carbocycles. The van der Waals surface area contributed by atoms with Crippen LogP contribution in [0.5, 0.6) is 0 Å². The highest BCUT2D eigenvalue weighted by molar-refractivity contribution is 14.0. The predicted octanol–water partition coefficient (Wildman–Crippen LogP) is 2.82. The number of nitrogens with zero attached hydrogens (tertiary/aromatic N) is 5. The second-order valence-electron chi connectivity index (χ2n) is 5.52. The largest absolute Gasteiger partial charge is 0.352 e. The first kappa shape index (κ1) is 20.3. The number of guanidine groups is 1. The highest BCUT2D eigenvalue weighted by Gasteiger charge is 2.05. The third-order valence-electron chi connectivity index (χ3n) is 3.74. The molecule has 0 atom stereocenters. The van der Waals surface area contributed by atoms with Crippen LogP contribution >= 0.6 is 35.3 Å². The summed E-state index contributed by atoms with van der Waals surface area (Å²) in [5, 5.41) is 7.63. The first-order chi connectivity index (χ1) is 12.2. The summed E-state index contributed by atoms with van der Waals surface area (Å²) in [4.78, 5) is 18.5. The van der Waals surface area contributed by atoms with Crippen LogP contribution in [0.25, 0.3) is 5.82 Å². The van der Waals surface area contributed by atoms with Gasteiger partial charge in [0.05, 0.1) is 12.2 Å². The van der Waals surface area contributed by atoms with Crippen LogP contribution in [0.1, 0.15) is 21.1 Å². The molecule has 0 saturated carbocycles. The van der Waals surface area contributed by atoms with Gasteiger partial charge in [-0.25, -0.2) is 15.0 Å². The zero-order valence-corrected chi connectivity index (χ0v) is 18.1. The molecule has 0 bridgehead atoms. The van der Waals surface area contributed by atoms with E-state index in [4.69, 9.17) is 0 Å². The van der Waals surface area contributed by atoms with Crippen LogP contribution in [-0.4, -0.2) is 32.5 Å². The van der Waals surface area contributed by atoms with Gasteiger partial charge in [0.15, 0.2) is 5.96 Å². The quantitative estimate of drug-likeness (QED) is 0.332. The SMILES string of the molecule is CN=C(NCc1ccc(-n2ccnc2)nc1)NCc1nc(C)c(C)s1.I. The van der Waals surface area contributed by atoms with E-state index in [9.17, 15) is 0 Å². The maximum Gasteiger partial charge on any atom is 0.191 e. The van der Waals surface area contributed by atoms with Gasteiger partial charge in [0.1, 0.15) is 17.2 Å². The first-order valence-corrected chi connectivity index (χ1v) is 8.78. The lowest BCUT2D eigenvalue weighted by atomic mass is 10.3. The number of nitrogens with one attached hydrogen (secondary N) is 2. The van der Waals surface area contributed by atoms with E-state index in [2.05, 4.69) is 37.5 Å². The molecule has 0 saturated heterocycles. The van der Waals surface area contributed by atoms with Crippen LogP contribution in [-0.2, 0) is 13.1 Å². The summed E-state index contributed by atoms with van der Waals surface area (Å²) < 4.78 is 1.87. The Hall–Kier alpha value is -2.01. The summed E-state index contributed by atoms with van der Waals surface area (Å²) in [6, 6.07) is 4.01. The van der Waals surface area contributed by atoms with Crippen molar-refractivity contribution in [2.75, 3.05) is 7.05 Å². The molecular formula is C17H22IN7S. The Kier molecular flexibility index (Phi) is 7.51. The Balaban J connectivity index is 0.00000243. The third-order valence-corrected chi connectivity index (χ3v) is 4.81. The number of hydrogen-bond donors (Lipinski definition) is 2. The zero-order valence-electron chi connectivity index (χ0n) is 14.9. The summed E-state index contributed by atoms with van der Waals surface area (Å²) in [6.07, 6.45) is 7.18. The lowest BCUT2D eigenvalue weighted by Gasteiger charge is -2.11. The van der Waals surface area contributed by atoms with Crippen LogP contribution in [0.4, 0.5) is 0 Å². The van der Waals surface area contributed by atoms with Crippen molar-refractivity contribution in [3.05, 3.63) is 58.2 Å². The van der Waals surface area contributed by atoms with E-state index < -0.39 is 0 Å². The Morgan fingerprint density at radius 3 is 2.62 bits per heavy atom. The number of thiazole rings is 1. The maximum atomic E-state index is 4.52. The van der Waals surface area contributed by atoms with E-state index in [1.165, 1.54) is 4.88 Å². The molecule has 3 heterocycles. The van der Waals surface area contributed by atoms with E-state index in [0.29, 0.717) is 13.1 Å². The van der Waals surface area contributed by atoms with Crippen molar-refractivity contribution >= 4 is 41.3 Å². The minimum atomic E-state index is 0. The summed E-state index contributed by atoms with van der Waals surface area (Å²) in [5.74, 6) is 1.59. The van der Waals surface area contributed by atoms with Gasteiger partial charge in [-0.2, -0.15) is 0 Å². The van der Waals surface area contributed by atoms with Crippen molar-refractivity contribution in [3.8, 4) is 5.82 Å². The average Bonchev–Trinajstić information content (AvgIpc) is 3.26. The molecule has 2 N–H and O–H groups in total. The number of pyridine rings is 1. The highest BCUT2D eigenvalue weighted by Crippen LogP contribution is 2.15. The fourth-order valence-corrected chi connectivity index (χ4v) is 3.12. The monoisotopic (exact) mass is 483 g/mol. The van der Waals surface area contributed by atoms with Crippen LogP contribution < -0.4 is 10.6 Å². The summed E-state index contributed by atoms with van der Waals surface area (Å²) in [6.45, 7) is 5.43. The lowest BCUT2D eigenvalue weighted by molar-refractivity contribution is 0.800. The van der Waals surface area contributed by atoms with E-state index in [1.807, 2.05) is 36.0 Å². The molecule has 0 radical (unpaired) electrons. The summed E-state index contributed by atoms with van der Waals surface area (Å²) in [5.41, 5.74) is 2.17. The van der Waals surface area contributed by atoms with Gasteiger partial charge in [-0.15, -0.1) is 35.3 Å². The van der Waals surface area contributed by atoms with Crippen molar-refractivity contribution < 1.29 is 0 Å². The molecular weight excluding hydrogens is 461 g/mol. The zero-order chi connectivity index (χ0) is 17.6. The van der Waals surface area contributed by atoms with Crippen LogP contribution in [0.15, 0.2) is 42.0 Å². The molecule has 0 spiro atoms. The number of aryl methyl sites for hydroxylation is 2. The summed E-state index contributed by atoms with van der Waals surface area (Å²) in [7, 11) is 1.76. The molecule has 7 nitrogen and oxygen atoms in total. The normalized spacial score (nSPS) is 11.1. The molecule has 138 valence electrons. The smallest absolute Gasteiger partial charge is 0.191 e. The molecule has 0 amide bonds. The van der Waals surface area contributed by atoms with Crippen molar-refractivity contribution in [2.24, 2.45) is 4.99 Å². The van der Waals surface area contributed by atoms with Crippen LogP contribution in [0.3, 0.4) is 0 Å². The van der Waals surface area contributed by atoms with Crippen molar-refractivity contribution in [2.45, 2.75) is 26.9 Å². The van der Waals surface area contributed by atoms with Crippen molar-refractivity contribution in [3.63, 3.8) is 0 Å². The number of aromatic nitrogens is 4. The number of rotatable bonds is 5. The highest BCUT2D eigenvalue weighted by atomic mass is 127. The first-order valence-electron chi connectivity index (χ1n) is 7.96. The van der Waals surface area contributed by atoms with Gasteiger partial charge >= 0.3 is 0 Å². The number of halogens is 1. The van der Waals surface area contributed by atoms with E-state index >= 15 is 0 Å². The van der Waals surface area contributed by atoms with Gasteiger partial charge in [-0.05, 0) is 25.5 Å². The van der Waals surface area contributed by atoms with Crippen molar-refractivity contribution in [1.82, 2.24) is 30.2 Å². The number of hydrogen-bond acceptors (Lipinski definition) is 5. The molecule has 0 fully saturated rings. The molecule has 3 aromatic rings. The minimum absolute atomic E-state index is 0. The topological polar surface area (TPSA) is 80.0 Å². The van der Waals surface area contributed by atoms with Gasteiger partial charge in [-0.1, -0.05) is 6.07 Å².